The third kappa shape index (κ3) is 2.15. The number of nitrogens with two attached hydrogens (primary N) is 1. The molecule has 2 heterocycles. The molecule has 21 heavy (non-hydrogen) atoms. The van der Waals surface area contributed by atoms with Crippen LogP contribution in [0.2, 0.25) is 0 Å². The van der Waals surface area contributed by atoms with Crippen molar-refractivity contribution in [1.29, 1.82) is 0 Å². The molecule has 2 aliphatic heterocycles. The summed E-state index contributed by atoms with van der Waals surface area (Å²) in [6.07, 6.45) is -0.288. The number of fused-ring (bicyclic) bond motifs is 2. The molecule has 1 unspecified atom stereocenters. The van der Waals surface area contributed by atoms with Gasteiger partial charge in [0.2, 0.25) is 12.1 Å². The Morgan fingerprint density at radius 3 is 2.90 bits per heavy atom. The lowest BCUT2D eigenvalue weighted by atomic mass is 10.2. The van der Waals surface area contributed by atoms with E-state index in [9.17, 15) is 0 Å². The second-order valence-corrected chi connectivity index (χ2v) is 4.85. The number of para-hydroxylation sites is 1. The number of ether oxygens (including phenoxy) is 2. The Balaban J connectivity index is 1.70. The van der Waals surface area contributed by atoms with Crippen molar-refractivity contribution >= 4 is 34.3 Å². The van der Waals surface area contributed by atoms with E-state index in [4.69, 9.17) is 15.2 Å². The number of hydrogen-bond donors (Lipinski definition) is 3. The summed E-state index contributed by atoms with van der Waals surface area (Å²) < 4.78 is 10.7. The number of rotatable bonds is 2. The number of nitrogens with zero attached hydrogens (tertiary/aromatic N) is 1. The van der Waals surface area contributed by atoms with E-state index < -0.39 is 0 Å². The molecular weight excluding hydrogens is 268 g/mol. The topological polar surface area (TPSA) is 80.9 Å². The summed E-state index contributed by atoms with van der Waals surface area (Å²) >= 11 is 0. The van der Waals surface area contributed by atoms with Crippen molar-refractivity contribution in [3.8, 4) is 0 Å². The minimum atomic E-state index is -0.288. The van der Waals surface area contributed by atoms with Crippen LogP contribution in [-0.2, 0) is 9.47 Å². The van der Waals surface area contributed by atoms with Gasteiger partial charge in [0, 0.05) is 11.4 Å². The quantitative estimate of drug-likeness (QED) is 0.738. The number of anilines is 4. The van der Waals surface area contributed by atoms with E-state index in [-0.39, 0.29) is 13.0 Å². The van der Waals surface area contributed by atoms with Gasteiger partial charge in [-0.15, -0.1) is 0 Å². The molecule has 0 aromatic heterocycles. The molecular formula is C15H14N4O2. The van der Waals surface area contributed by atoms with E-state index >= 15 is 0 Å². The van der Waals surface area contributed by atoms with Crippen LogP contribution >= 0.6 is 0 Å². The van der Waals surface area contributed by atoms with Crippen molar-refractivity contribution in [1.82, 2.24) is 0 Å². The zero-order valence-corrected chi connectivity index (χ0v) is 11.2. The second kappa shape index (κ2) is 4.68. The van der Waals surface area contributed by atoms with Crippen LogP contribution in [0.1, 0.15) is 0 Å². The third-order valence-electron chi connectivity index (χ3n) is 3.40. The van der Waals surface area contributed by atoms with Gasteiger partial charge in [-0.1, -0.05) is 6.07 Å². The maximum atomic E-state index is 5.70. The molecule has 2 aliphatic rings. The third-order valence-corrected chi connectivity index (χ3v) is 3.40. The smallest absolute Gasteiger partial charge is 0.242 e. The molecule has 2 aromatic carbocycles. The number of benzene rings is 2. The van der Waals surface area contributed by atoms with E-state index in [1.807, 2.05) is 42.5 Å². The summed E-state index contributed by atoms with van der Waals surface area (Å²) in [6.45, 7) is 0.227. The Morgan fingerprint density at radius 1 is 1.19 bits per heavy atom. The Kier molecular flexibility index (Phi) is 2.68. The molecule has 4 N–H and O–H groups in total. The highest BCUT2D eigenvalue weighted by molar-refractivity contribution is 5.96. The molecule has 0 spiro atoms. The van der Waals surface area contributed by atoms with Gasteiger partial charge < -0.3 is 25.8 Å². The van der Waals surface area contributed by atoms with Gasteiger partial charge >= 0.3 is 0 Å². The van der Waals surface area contributed by atoms with Crippen LogP contribution < -0.4 is 16.4 Å². The fourth-order valence-corrected chi connectivity index (χ4v) is 2.36. The Labute approximate surface area is 121 Å². The minimum Gasteiger partial charge on any atom is -0.450 e. The fourth-order valence-electron chi connectivity index (χ4n) is 2.36. The summed E-state index contributed by atoms with van der Waals surface area (Å²) in [7, 11) is 0. The van der Waals surface area contributed by atoms with Crippen LogP contribution in [0.15, 0.2) is 47.5 Å². The van der Waals surface area contributed by atoms with Crippen molar-refractivity contribution in [2.75, 3.05) is 23.2 Å². The van der Waals surface area contributed by atoms with Crippen LogP contribution in [0.25, 0.3) is 0 Å². The van der Waals surface area contributed by atoms with Gasteiger partial charge in [0.05, 0.1) is 11.4 Å². The first-order chi connectivity index (χ1) is 10.3. The van der Waals surface area contributed by atoms with E-state index in [1.165, 1.54) is 0 Å². The van der Waals surface area contributed by atoms with E-state index in [0.717, 1.165) is 28.4 Å². The van der Waals surface area contributed by atoms with Crippen LogP contribution in [0, 0.1) is 0 Å². The first-order valence-corrected chi connectivity index (χ1v) is 6.65. The van der Waals surface area contributed by atoms with E-state index in [1.54, 1.807) is 0 Å². The number of aliphatic imine (C=N–C) groups is 1. The molecule has 1 atom stereocenters. The maximum Gasteiger partial charge on any atom is 0.242 e. The van der Waals surface area contributed by atoms with Crippen LogP contribution in [-0.4, -0.2) is 18.9 Å². The number of nitrogens with one attached hydrogen (secondary N) is 2. The SMILES string of the molecule is Nc1ccc(Nc2cccc3c2N=C2OCOC2N3)cc1. The number of nitrogen functional groups attached to an aromatic ring is 1. The van der Waals surface area contributed by atoms with Gasteiger partial charge in [0.1, 0.15) is 5.69 Å². The van der Waals surface area contributed by atoms with Crippen molar-refractivity contribution in [3.05, 3.63) is 42.5 Å². The maximum absolute atomic E-state index is 5.70. The predicted molar refractivity (Wildman–Crippen MR) is 82.1 cm³/mol. The largest absolute Gasteiger partial charge is 0.450 e. The standard InChI is InChI=1S/C15H14N4O2/c16-9-4-6-10(7-5-9)17-11-2-1-3-12-13(11)19-15-14(18-12)20-8-21-15/h1-7,14,17-18H,8,16H2. The molecule has 6 nitrogen and oxygen atoms in total. The van der Waals surface area contributed by atoms with Crippen LogP contribution in [0.5, 0.6) is 0 Å². The summed E-state index contributed by atoms with van der Waals surface area (Å²) in [5, 5.41) is 6.60. The molecule has 2 aromatic rings. The number of hydrogen-bond acceptors (Lipinski definition) is 6. The Hall–Kier alpha value is -2.73. The summed E-state index contributed by atoms with van der Waals surface area (Å²) in [4.78, 5) is 4.54. The molecule has 106 valence electrons. The molecule has 1 saturated heterocycles. The lowest BCUT2D eigenvalue weighted by Gasteiger charge is -2.21. The summed E-state index contributed by atoms with van der Waals surface area (Å²) in [5.41, 5.74) is 10.00. The monoisotopic (exact) mass is 282 g/mol. The first-order valence-electron chi connectivity index (χ1n) is 6.65. The van der Waals surface area contributed by atoms with Gasteiger partial charge in [0.15, 0.2) is 6.79 Å². The predicted octanol–water partition coefficient (Wildman–Crippen LogP) is 2.80. The Morgan fingerprint density at radius 2 is 2.05 bits per heavy atom. The van der Waals surface area contributed by atoms with Gasteiger partial charge in [-0.25, -0.2) is 4.99 Å². The summed E-state index contributed by atoms with van der Waals surface area (Å²) in [6, 6.07) is 13.5. The highest BCUT2D eigenvalue weighted by Gasteiger charge is 2.30. The zero-order valence-electron chi connectivity index (χ0n) is 11.2. The van der Waals surface area contributed by atoms with Gasteiger partial charge in [-0.05, 0) is 36.4 Å². The molecule has 1 fully saturated rings. The van der Waals surface area contributed by atoms with E-state index in [0.29, 0.717) is 5.90 Å². The van der Waals surface area contributed by atoms with Gasteiger partial charge in [-0.2, -0.15) is 0 Å². The lowest BCUT2D eigenvalue weighted by Crippen LogP contribution is -2.28. The Bertz CT molecular complexity index is 712. The lowest BCUT2D eigenvalue weighted by molar-refractivity contribution is 0.0612. The molecule has 0 saturated carbocycles. The van der Waals surface area contributed by atoms with Crippen molar-refractivity contribution in [2.45, 2.75) is 6.23 Å². The van der Waals surface area contributed by atoms with E-state index in [2.05, 4.69) is 15.6 Å². The fraction of sp³-hybridized carbons (Fsp3) is 0.133. The molecule has 0 radical (unpaired) electrons. The van der Waals surface area contributed by atoms with Crippen LogP contribution in [0.3, 0.4) is 0 Å². The molecule has 0 aliphatic carbocycles. The summed E-state index contributed by atoms with van der Waals surface area (Å²) in [5.74, 6) is 0.564. The average Bonchev–Trinajstić information content (AvgIpc) is 2.95. The molecule has 0 amide bonds. The van der Waals surface area contributed by atoms with Crippen molar-refractivity contribution in [3.63, 3.8) is 0 Å². The molecule has 4 rings (SSSR count). The van der Waals surface area contributed by atoms with Crippen LogP contribution in [0.4, 0.5) is 28.4 Å². The second-order valence-electron chi connectivity index (χ2n) is 4.85. The zero-order chi connectivity index (χ0) is 14.2. The molecule has 6 heteroatoms. The minimum absolute atomic E-state index is 0.227. The average molecular weight is 282 g/mol. The van der Waals surface area contributed by atoms with Crippen molar-refractivity contribution < 1.29 is 9.47 Å². The van der Waals surface area contributed by atoms with Gasteiger partial charge in [0.25, 0.3) is 0 Å². The van der Waals surface area contributed by atoms with Crippen molar-refractivity contribution in [2.24, 2.45) is 4.99 Å². The first kappa shape index (κ1) is 12.0. The highest BCUT2D eigenvalue weighted by Crippen LogP contribution is 2.39. The highest BCUT2D eigenvalue weighted by atomic mass is 16.7. The van der Waals surface area contributed by atoms with Gasteiger partial charge in [-0.3, -0.25) is 0 Å². The molecule has 0 bridgehead atoms. The normalized spacial score (nSPS) is 18.9.